The van der Waals surface area contributed by atoms with E-state index in [1.807, 2.05) is 6.92 Å². The maximum atomic E-state index is 11.0. The van der Waals surface area contributed by atoms with Crippen LogP contribution in [0.2, 0.25) is 18.1 Å². The zero-order valence-corrected chi connectivity index (χ0v) is 16.4. The molecule has 0 aliphatic heterocycles. The van der Waals surface area contributed by atoms with Crippen molar-refractivity contribution in [2.24, 2.45) is 17.8 Å². The van der Waals surface area contributed by atoms with Crippen LogP contribution in [0.25, 0.3) is 0 Å². The molecule has 0 rings (SSSR count). The molecule has 0 bridgehead atoms. The molecular weight excluding hydrogens is 280 g/mol. The van der Waals surface area contributed by atoms with Gasteiger partial charge in [0, 0.05) is 11.8 Å². The standard InChI is InChI=1S/C17H36O3Si/c1-10-12(2)16(14(4)15(19)13(3)11-18)20-21(8,9)17(5,6)7/h11-16,19H,10H2,1-9H3/t12-,13+,14+,15-,16+/m0/s1. The van der Waals surface area contributed by atoms with Crippen LogP contribution in [-0.4, -0.2) is 31.9 Å². The number of carbonyl (C=O) groups excluding carboxylic acids is 1. The first kappa shape index (κ1) is 20.8. The fraction of sp³-hybridized carbons (Fsp3) is 0.941. The van der Waals surface area contributed by atoms with Crippen molar-refractivity contribution < 1.29 is 14.3 Å². The lowest BCUT2D eigenvalue weighted by molar-refractivity contribution is -0.116. The van der Waals surface area contributed by atoms with Crippen LogP contribution < -0.4 is 0 Å². The Bertz CT molecular complexity index is 322. The molecule has 126 valence electrons. The van der Waals surface area contributed by atoms with Gasteiger partial charge in [-0.1, -0.05) is 54.9 Å². The van der Waals surface area contributed by atoms with Crippen molar-refractivity contribution in [1.29, 1.82) is 0 Å². The number of hydrogen-bond acceptors (Lipinski definition) is 3. The molecule has 21 heavy (non-hydrogen) atoms. The second kappa shape index (κ2) is 7.89. The lowest BCUT2D eigenvalue weighted by Crippen LogP contribution is -2.49. The summed E-state index contributed by atoms with van der Waals surface area (Å²) in [7, 11) is -1.90. The van der Waals surface area contributed by atoms with Gasteiger partial charge in [0.25, 0.3) is 0 Å². The molecule has 0 radical (unpaired) electrons. The van der Waals surface area contributed by atoms with Crippen molar-refractivity contribution >= 4 is 14.6 Å². The largest absolute Gasteiger partial charge is 0.413 e. The van der Waals surface area contributed by atoms with Gasteiger partial charge in [0.2, 0.25) is 0 Å². The zero-order valence-electron chi connectivity index (χ0n) is 15.4. The summed E-state index contributed by atoms with van der Waals surface area (Å²) in [6, 6.07) is 0. The Kier molecular flexibility index (Phi) is 7.81. The van der Waals surface area contributed by atoms with Gasteiger partial charge < -0.3 is 14.3 Å². The van der Waals surface area contributed by atoms with Crippen molar-refractivity contribution in [3.05, 3.63) is 0 Å². The Morgan fingerprint density at radius 2 is 1.67 bits per heavy atom. The molecular formula is C17H36O3Si. The topological polar surface area (TPSA) is 46.5 Å². The van der Waals surface area contributed by atoms with E-state index in [2.05, 4.69) is 47.7 Å². The molecule has 0 aromatic heterocycles. The van der Waals surface area contributed by atoms with E-state index < -0.39 is 14.4 Å². The number of aldehydes is 1. The maximum absolute atomic E-state index is 11.0. The van der Waals surface area contributed by atoms with Crippen molar-refractivity contribution in [3.8, 4) is 0 Å². The number of aliphatic hydroxyl groups is 1. The van der Waals surface area contributed by atoms with Crippen LogP contribution >= 0.6 is 0 Å². The van der Waals surface area contributed by atoms with Crippen LogP contribution in [0.1, 0.15) is 54.9 Å². The van der Waals surface area contributed by atoms with E-state index in [0.717, 1.165) is 12.7 Å². The molecule has 3 nitrogen and oxygen atoms in total. The highest BCUT2D eigenvalue weighted by Crippen LogP contribution is 2.40. The third-order valence-corrected chi connectivity index (χ3v) is 9.73. The molecule has 0 aliphatic rings. The second-order valence-corrected chi connectivity index (χ2v) is 12.8. The van der Waals surface area contributed by atoms with Gasteiger partial charge in [0.15, 0.2) is 8.32 Å². The number of hydrogen-bond donors (Lipinski definition) is 1. The van der Waals surface area contributed by atoms with Crippen molar-refractivity contribution in [1.82, 2.24) is 0 Å². The summed E-state index contributed by atoms with van der Waals surface area (Å²) in [6.45, 7) is 19.3. The average molecular weight is 317 g/mol. The number of carbonyl (C=O) groups is 1. The molecule has 1 N–H and O–H groups in total. The summed E-state index contributed by atoms with van der Waals surface area (Å²) in [6.07, 6.45) is 1.19. The van der Waals surface area contributed by atoms with E-state index in [1.54, 1.807) is 6.92 Å². The third kappa shape index (κ3) is 5.50. The van der Waals surface area contributed by atoms with Gasteiger partial charge in [-0.25, -0.2) is 0 Å². The van der Waals surface area contributed by atoms with Crippen molar-refractivity contribution in [2.45, 2.75) is 85.2 Å². The Morgan fingerprint density at radius 3 is 2.00 bits per heavy atom. The fourth-order valence-electron chi connectivity index (χ4n) is 2.24. The summed E-state index contributed by atoms with van der Waals surface area (Å²) in [4.78, 5) is 11.0. The van der Waals surface area contributed by atoms with E-state index in [-0.39, 0.29) is 23.0 Å². The Morgan fingerprint density at radius 1 is 1.19 bits per heavy atom. The normalized spacial score (nSPS) is 20.5. The highest BCUT2D eigenvalue weighted by Gasteiger charge is 2.42. The SMILES string of the molecule is CC[C@H](C)[C@@H](O[Si](C)(C)C(C)(C)C)[C@H](C)[C@@H](O)[C@H](C)C=O. The number of aliphatic hydroxyl groups excluding tert-OH is 1. The van der Waals surface area contributed by atoms with Gasteiger partial charge in [-0.2, -0.15) is 0 Å². The van der Waals surface area contributed by atoms with Crippen LogP contribution in [0.15, 0.2) is 0 Å². The van der Waals surface area contributed by atoms with Gasteiger partial charge in [-0.05, 0) is 24.1 Å². The minimum atomic E-state index is -1.90. The monoisotopic (exact) mass is 316 g/mol. The summed E-state index contributed by atoms with van der Waals surface area (Å²) >= 11 is 0. The lowest BCUT2D eigenvalue weighted by Gasteiger charge is -2.44. The van der Waals surface area contributed by atoms with Crippen LogP contribution in [-0.2, 0) is 9.22 Å². The zero-order chi connectivity index (χ0) is 17.0. The van der Waals surface area contributed by atoms with Crippen molar-refractivity contribution in [3.63, 3.8) is 0 Å². The molecule has 0 heterocycles. The Hall–Kier alpha value is -0.193. The van der Waals surface area contributed by atoms with Crippen LogP contribution in [0.4, 0.5) is 0 Å². The number of rotatable bonds is 8. The van der Waals surface area contributed by atoms with E-state index in [1.165, 1.54) is 0 Å². The molecule has 0 saturated carbocycles. The van der Waals surface area contributed by atoms with Gasteiger partial charge in [-0.3, -0.25) is 0 Å². The Balaban J connectivity index is 5.27. The summed E-state index contributed by atoms with van der Waals surface area (Å²) < 4.78 is 6.60. The van der Waals surface area contributed by atoms with Crippen LogP contribution in [0.5, 0.6) is 0 Å². The van der Waals surface area contributed by atoms with E-state index >= 15 is 0 Å². The highest BCUT2D eigenvalue weighted by molar-refractivity contribution is 6.74. The predicted octanol–water partition coefficient (Wildman–Crippen LogP) is 4.25. The quantitative estimate of drug-likeness (QED) is 0.538. The van der Waals surface area contributed by atoms with E-state index in [4.69, 9.17) is 4.43 Å². The first-order valence-electron chi connectivity index (χ1n) is 8.20. The van der Waals surface area contributed by atoms with Crippen LogP contribution in [0.3, 0.4) is 0 Å². The van der Waals surface area contributed by atoms with E-state index in [9.17, 15) is 9.90 Å². The van der Waals surface area contributed by atoms with Gasteiger partial charge in [0.05, 0.1) is 12.2 Å². The molecule has 5 atom stereocenters. The molecule has 0 aromatic carbocycles. The molecule has 0 spiro atoms. The maximum Gasteiger partial charge on any atom is 0.192 e. The summed E-state index contributed by atoms with van der Waals surface area (Å²) in [5, 5.41) is 10.5. The van der Waals surface area contributed by atoms with Crippen LogP contribution in [0, 0.1) is 17.8 Å². The van der Waals surface area contributed by atoms with Crippen molar-refractivity contribution in [2.75, 3.05) is 0 Å². The fourth-order valence-corrected chi connectivity index (χ4v) is 3.73. The Labute approximate surface area is 132 Å². The smallest absolute Gasteiger partial charge is 0.192 e. The molecule has 4 heteroatoms. The predicted molar refractivity (Wildman–Crippen MR) is 91.9 cm³/mol. The van der Waals surface area contributed by atoms with Gasteiger partial charge >= 0.3 is 0 Å². The molecule has 0 aliphatic carbocycles. The molecule has 0 fully saturated rings. The van der Waals surface area contributed by atoms with Gasteiger partial charge in [0.1, 0.15) is 6.29 Å². The third-order valence-electron chi connectivity index (χ3n) is 5.25. The second-order valence-electron chi connectivity index (χ2n) is 8.07. The summed E-state index contributed by atoms with van der Waals surface area (Å²) in [5.41, 5.74) is 0. The van der Waals surface area contributed by atoms with E-state index in [0.29, 0.717) is 5.92 Å². The summed E-state index contributed by atoms with van der Waals surface area (Å²) in [5.74, 6) is -0.0357. The first-order chi connectivity index (χ1) is 9.39. The highest BCUT2D eigenvalue weighted by atomic mass is 28.4. The molecule has 0 saturated heterocycles. The first-order valence-corrected chi connectivity index (χ1v) is 11.1. The lowest BCUT2D eigenvalue weighted by atomic mass is 9.84. The average Bonchev–Trinajstić information content (AvgIpc) is 2.40. The molecule has 0 aromatic rings. The minimum absolute atomic E-state index is 0.00621. The molecule has 0 unspecified atom stereocenters. The van der Waals surface area contributed by atoms with Gasteiger partial charge in [-0.15, -0.1) is 0 Å². The minimum Gasteiger partial charge on any atom is -0.413 e. The molecule has 0 amide bonds.